The number of phenolic OH excluding ortho intramolecular Hbond substituents is 1. The minimum absolute atomic E-state index is 0.0336. The molecule has 3 nitrogen and oxygen atoms in total. The van der Waals surface area contributed by atoms with E-state index < -0.39 is 0 Å². The van der Waals surface area contributed by atoms with Gasteiger partial charge in [-0.2, -0.15) is 0 Å². The first-order valence-corrected chi connectivity index (χ1v) is 5.39. The minimum atomic E-state index is -0.304. The standard InChI is InChI=1S/C13H10ClNO2/c14-12-8-10(16)6-7-11(12)13(17)15-9-4-2-1-3-5-9/h1-8,16H,(H,15,17). The Kier molecular flexibility index (Phi) is 3.30. The highest BCUT2D eigenvalue weighted by Crippen LogP contribution is 2.22. The summed E-state index contributed by atoms with van der Waals surface area (Å²) in [5.74, 6) is -0.271. The second kappa shape index (κ2) is 4.89. The lowest BCUT2D eigenvalue weighted by Crippen LogP contribution is -2.12. The second-order valence-corrected chi connectivity index (χ2v) is 3.89. The van der Waals surface area contributed by atoms with Crippen LogP contribution in [0.25, 0.3) is 0 Å². The van der Waals surface area contributed by atoms with Crippen molar-refractivity contribution >= 4 is 23.2 Å². The zero-order valence-corrected chi connectivity index (χ0v) is 9.61. The first-order chi connectivity index (χ1) is 8.16. The van der Waals surface area contributed by atoms with E-state index in [9.17, 15) is 9.90 Å². The van der Waals surface area contributed by atoms with Crippen LogP contribution in [0.4, 0.5) is 5.69 Å². The van der Waals surface area contributed by atoms with E-state index in [0.717, 1.165) is 0 Å². The molecule has 0 spiro atoms. The summed E-state index contributed by atoms with van der Waals surface area (Å²) in [6, 6.07) is 13.3. The average Bonchev–Trinajstić information content (AvgIpc) is 2.30. The van der Waals surface area contributed by atoms with E-state index in [2.05, 4.69) is 5.32 Å². The maximum atomic E-state index is 11.9. The third-order valence-corrected chi connectivity index (χ3v) is 2.54. The fraction of sp³-hybridized carbons (Fsp3) is 0. The molecule has 0 aliphatic carbocycles. The summed E-state index contributed by atoms with van der Waals surface area (Å²) in [6.07, 6.45) is 0. The molecule has 0 saturated heterocycles. The van der Waals surface area contributed by atoms with Gasteiger partial charge in [0.2, 0.25) is 0 Å². The molecule has 0 radical (unpaired) electrons. The smallest absolute Gasteiger partial charge is 0.257 e. The van der Waals surface area contributed by atoms with Gasteiger partial charge < -0.3 is 10.4 Å². The number of aromatic hydroxyl groups is 1. The lowest BCUT2D eigenvalue weighted by molar-refractivity contribution is 0.102. The van der Waals surface area contributed by atoms with Crippen molar-refractivity contribution in [2.45, 2.75) is 0 Å². The molecule has 2 rings (SSSR count). The van der Waals surface area contributed by atoms with Crippen molar-refractivity contribution in [2.75, 3.05) is 5.32 Å². The maximum Gasteiger partial charge on any atom is 0.257 e. The summed E-state index contributed by atoms with van der Waals surface area (Å²) in [4.78, 5) is 11.9. The Hall–Kier alpha value is -2.00. The number of rotatable bonds is 2. The lowest BCUT2D eigenvalue weighted by atomic mass is 10.2. The molecule has 0 aliphatic rings. The average molecular weight is 248 g/mol. The van der Waals surface area contributed by atoms with Gasteiger partial charge >= 0.3 is 0 Å². The van der Waals surface area contributed by atoms with Crippen LogP contribution >= 0.6 is 11.6 Å². The van der Waals surface area contributed by atoms with Crippen molar-refractivity contribution in [2.24, 2.45) is 0 Å². The number of anilines is 1. The molecule has 0 heterocycles. The molecular formula is C13H10ClNO2. The maximum absolute atomic E-state index is 11.9. The van der Waals surface area contributed by atoms with Crippen LogP contribution in [0, 0.1) is 0 Å². The number of carbonyl (C=O) groups is 1. The summed E-state index contributed by atoms with van der Waals surface area (Å²) in [6.45, 7) is 0. The van der Waals surface area contributed by atoms with Gasteiger partial charge in [-0.1, -0.05) is 29.8 Å². The van der Waals surface area contributed by atoms with Crippen LogP contribution in [-0.4, -0.2) is 11.0 Å². The van der Waals surface area contributed by atoms with E-state index >= 15 is 0 Å². The van der Waals surface area contributed by atoms with E-state index in [4.69, 9.17) is 11.6 Å². The molecular weight excluding hydrogens is 238 g/mol. The minimum Gasteiger partial charge on any atom is -0.508 e. The normalized spacial score (nSPS) is 9.94. The molecule has 86 valence electrons. The van der Waals surface area contributed by atoms with Crippen LogP contribution in [0.15, 0.2) is 48.5 Å². The molecule has 2 aromatic carbocycles. The highest BCUT2D eigenvalue weighted by Gasteiger charge is 2.10. The Bertz CT molecular complexity index is 540. The first-order valence-electron chi connectivity index (χ1n) is 5.02. The number of hydrogen-bond acceptors (Lipinski definition) is 2. The van der Waals surface area contributed by atoms with Crippen molar-refractivity contribution in [1.82, 2.24) is 0 Å². The predicted octanol–water partition coefficient (Wildman–Crippen LogP) is 3.30. The second-order valence-electron chi connectivity index (χ2n) is 3.48. The molecule has 0 aromatic heterocycles. The SMILES string of the molecule is O=C(Nc1ccccc1)c1ccc(O)cc1Cl. The third-order valence-electron chi connectivity index (χ3n) is 2.23. The number of para-hydroxylation sites is 1. The number of phenols is 1. The number of benzene rings is 2. The molecule has 2 aromatic rings. The van der Waals surface area contributed by atoms with E-state index in [1.807, 2.05) is 18.2 Å². The quantitative estimate of drug-likeness (QED) is 0.856. The molecule has 0 unspecified atom stereocenters. The monoisotopic (exact) mass is 247 g/mol. The first kappa shape index (κ1) is 11.5. The van der Waals surface area contributed by atoms with Crippen molar-refractivity contribution in [3.8, 4) is 5.75 Å². The van der Waals surface area contributed by atoms with Gasteiger partial charge in [-0.05, 0) is 30.3 Å². The Labute approximate surface area is 104 Å². The number of amides is 1. The van der Waals surface area contributed by atoms with E-state index in [0.29, 0.717) is 11.3 Å². The Morgan fingerprint density at radius 1 is 1.12 bits per heavy atom. The van der Waals surface area contributed by atoms with Crippen molar-refractivity contribution in [1.29, 1.82) is 0 Å². The van der Waals surface area contributed by atoms with Crippen molar-refractivity contribution in [3.63, 3.8) is 0 Å². The van der Waals surface area contributed by atoms with Gasteiger partial charge in [0.25, 0.3) is 5.91 Å². The summed E-state index contributed by atoms with van der Waals surface area (Å²) in [5.41, 5.74) is 1.02. The molecule has 0 aliphatic heterocycles. The molecule has 17 heavy (non-hydrogen) atoms. The molecule has 0 bridgehead atoms. The number of carbonyl (C=O) groups excluding carboxylic acids is 1. The fourth-order valence-electron chi connectivity index (χ4n) is 1.41. The largest absolute Gasteiger partial charge is 0.508 e. The number of nitrogens with one attached hydrogen (secondary N) is 1. The van der Waals surface area contributed by atoms with Gasteiger partial charge in [-0.25, -0.2) is 0 Å². The highest BCUT2D eigenvalue weighted by atomic mass is 35.5. The zero-order chi connectivity index (χ0) is 12.3. The van der Waals surface area contributed by atoms with E-state index in [-0.39, 0.29) is 16.7 Å². The van der Waals surface area contributed by atoms with Gasteiger partial charge in [0.1, 0.15) is 5.75 Å². The molecule has 0 atom stereocenters. The highest BCUT2D eigenvalue weighted by molar-refractivity contribution is 6.34. The fourth-order valence-corrected chi connectivity index (χ4v) is 1.67. The van der Waals surface area contributed by atoms with Crippen LogP contribution in [0.5, 0.6) is 5.75 Å². The summed E-state index contributed by atoms with van der Waals surface area (Å²) in [7, 11) is 0. The third kappa shape index (κ3) is 2.77. The van der Waals surface area contributed by atoms with E-state index in [1.165, 1.54) is 18.2 Å². The van der Waals surface area contributed by atoms with Crippen LogP contribution in [0.3, 0.4) is 0 Å². The molecule has 2 N–H and O–H groups in total. The van der Waals surface area contributed by atoms with Gasteiger partial charge in [0, 0.05) is 5.69 Å². The van der Waals surface area contributed by atoms with Crippen LogP contribution in [0.2, 0.25) is 5.02 Å². The predicted molar refractivity (Wildman–Crippen MR) is 67.5 cm³/mol. The molecule has 0 fully saturated rings. The van der Waals surface area contributed by atoms with Crippen LogP contribution < -0.4 is 5.32 Å². The van der Waals surface area contributed by atoms with E-state index in [1.54, 1.807) is 12.1 Å². The molecule has 4 heteroatoms. The number of halogens is 1. The van der Waals surface area contributed by atoms with Gasteiger partial charge in [-0.15, -0.1) is 0 Å². The van der Waals surface area contributed by atoms with Gasteiger partial charge in [0.05, 0.1) is 10.6 Å². The Balaban J connectivity index is 2.21. The molecule has 1 amide bonds. The Morgan fingerprint density at radius 2 is 1.82 bits per heavy atom. The number of hydrogen-bond donors (Lipinski definition) is 2. The zero-order valence-electron chi connectivity index (χ0n) is 8.85. The lowest BCUT2D eigenvalue weighted by Gasteiger charge is -2.06. The summed E-state index contributed by atoms with van der Waals surface area (Å²) < 4.78 is 0. The summed E-state index contributed by atoms with van der Waals surface area (Å²) >= 11 is 5.87. The van der Waals surface area contributed by atoms with Gasteiger partial charge in [0.15, 0.2) is 0 Å². The van der Waals surface area contributed by atoms with Crippen molar-refractivity contribution in [3.05, 3.63) is 59.1 Å². The summed E-state index contributed by atoms with van der Waals surface area (Å²) in [5, 5.41) is 12.1. The van der Waals surface area contributed by atoms with Crippen LogP contribution in [0.1, 0.15) is 10.4 Å². The Morgan fingerprint density at radius 3 is 2.47 bits per heavy atom. The van der Waals surface area contributed by atoms with Crippen molar-refractivity contribution < 1.29 is 9.90 Å². The molecule has 0 saturated carbocycles. The van der Waals surface area contributed by atoms with Crippen LogP contribution in [-0.2, 0) is 0 Å². The van der Waals surface area contributed by atoms with Gasteiger partial charge in [-0.3, -0.25) is 4.79 Å². The topological polar surface area (TPSA) is 49.3 Å².